The second-order valence-corrected chi connectivity index (χ2v) is 4.48. The van der Waals surface area contributed by atoms with Crippen LogP contribution in [0.2, 0.25) is 0 Å². The predicted molar refractivity (Wildman–Crippen MR) is 72.3 cm³/mol. The molecule has 0 aromatic carbocycles. The number of hydrogen-bond donors (Lipinski definition) is 1. The Bertz CT molecular complexity index is 690. The number of carbonyl (C=O) groups is 2. The van der Waals surface area contributed by atoms with E-state index in [9.17, 15) is 9.59 Å². The molecule has 2 aromatic heterocycles. The van der Waals surface area contributed by atoms with Gasteiger partial charge in [0, 0.05) is 12.7 Å². The maximum absolute atomic E-state index is 12.2. The second kappa shape index (κ2) is 5.28. The first-order chi connectivity index (χ1) is 9.43. The first-order valence-electron chi connectivity index (χ1n) is 6.10. The van der Waals surface area contributed by atoms with Crippen LogP contribution in [0.5, 0.6) is 0 Å². The van der Waals surface area contributed by atoms with Gasteiger partial charge in [-0.05, 0) is 19.9 Å². The maximum Gasteiger partial charge on any atom is 0.325 e. The standard InChI is InChI=1S/C13H16N4O3/c1-7-5-9(13(19)14-6-10(18)20-4)11-8(2)16-17(3)12(11)15-7/h5H,6H2,1-4H3,(H,14,19). The number of methoxy groups -OCH3 is 1. The predicted octanol–water partition coefficient (Wildman–Crippen LogP) is 0.488. The lowest BCUT2D eigenvalue weighted by Gasteiger charge is -2.06. The molecule has 7 heteroatoms. The molecule has 106 valence electrons. The molecule has 0 aliphatic carbocycles. The van der Waals surface area contributed by atoms with Gasteiger partial charge in [-0.15, -0.1) is 0 Å². The van der Waals surface area contributed by atoms with Gasteiger partial charge in [-0.1, -0.05) is 0 Å². The molecule has 0 aliphatic rings. The van der Waals surface area contributed by atoms with Crippen molar-refractivity contribution in [3.63, 3.8) is 0 Å². The Kier molecular flexibility index (Phi) is 3.69. The normalized spacial score (nSPS) is 10.6. The minimum absolute atomic E-state index is 0.169. The molecule has 0 spiro atoms. The fraction of sp³-hybridized carbons (Fsp3) is 0.385. The van der Waals surface area contributed by atoms with Crippen LogP contribution in [0, 0.1) is 13.8 Å². The number of amides is 1. The lowest BCUT2D eigenvalue weighted by atomic mass is 10.1. The van der Waals surface area contributed by atoms with Crippen LogP contribution < -0.4 is 5.32 Å². The number of rotatable bonds is 3. The van der Waals surface area contributed by atoms with Crippen molar-refractivity contribution in [2.45, 2.75) is 13.8 Å². The molecule has 20 heavy (non-hydrogen) atoms. The van der Waals surface area contributed by atoms with Crippen LogP contribution in [0.15, 0.2) is 6.07 Å². The molecule has 0 bridgehead atoms. The summed E-state index contributed by atoms with van der Waals surface area (Å²) < 4.78 is 6.13. The fourth-order valence-electron chi connectivity index (χ4n) is 2.07. The number of hydrogen-bond acceptors (Lipinski definition) is 5. The van der Waals surface area contributed by atoms with Gasteiger partial charge in [0.25, 0.3) is 5.91 Å². The lowest BCUT2D eigenvalue weighted by Crippen LogP contribution is -2.30. The van der Waals surface area contributed by atoms with Gasteiger partial charge in [0.1, 0.15) is 6.54 Å². The van der Waals surface area contributed by atoms with Crippen LogP contribution in [-0.4, -0.2) is 40.3 Å². The summed E-state index contributed by atoms with van der Waals surface area (Å²) in [6, 6.07) is 1.68. The summed E-state index contributed by atoms with van der Waals surface area (Å²) in [5.41, 5.74) is 2.54. The molecule has 0 atom stereocenters. The van der Waals surface area contributed by atoms with E-state index in [2.05, 4.69) is 20.1 Å². The van der Waals surface area contributed by atoms with Gasteiger partial charge in [0.05, 0.1) is 23.8 Å². The SMILES string of the molecule is COC(=O)CNC(=O)c1cc(C)nc2c1c(C)nn2C. The van der Waals surface area contributed by atoms with E-state index in [1.807, 2.05) is 6.92 Å². The molecule has 0 saturated heterocycles. The van der Waals surface area contributed by atoms with E-state index in [0.29, 0.717) is 22.3 Å². The van der Waals surface area contributed by atoms with E-state index >= 15 is 0 Å². The first kappa shape index (κ1) is 14.0. The van der Waals surface area contributed by atoms with Gasteiger partial charge in [-0.3, -0.25) is 14.3 Å². The summed E-state index contributed by atoms with van der Waals surface area (Å²) in [7, 11) is 3.05. The van der Waals surface area contributed by atoms with Gasteiger partial charge < -0.3 is 10.1 Å². The average molecular weight is 276 g/mol. The summed E-state index contributed by atoms with van der Waals surface area (Å²) in [5, 5.41) is 7.49. The van der Waals surface area contributed by atoms with E-state index in [1.54, 1.807) is 24.7 Å². The highest BCUT2D eigenvalue weighted by Crippen LogP contribution is 2.21. The van der Waals surface area contributed by atoms with Crippen LogP contribution >= 0.6 is 0 Å². The molecule has 1 N–H and O–H groups in total. The minimum Gasteiger partial charge on any atom is -0.468 e. The van der Waals surface area contributed by atoms with E-state index in [0.717, 1.165) is 5.69 Å². The van der Waals surface area contributed by atoms with Crippen molar-refractivity contribution in [2.24, 2.45) is 7.05 Å². The van der Waals surface area contributed by atoms with Gasteiger partial charge in [-0.25, -0.2) is 4.98 Å². The molecule has 0 saturated carbocycles. The zero-order valence-electron chi connectivity index (χ0n) is 11.9. The average Bonchev–Trinajstić information content (AvgIpc) is 2.69. The third-order valence-electron chi connectivity index (χ3n) is 2.96. The van der Waals surface area contributed by atoms with Crippen molar-refractivity contribution in [1.82, 2.24) is 20.1 Å². The molecule has 0 unspecified atom stereocenters. The number of carbonyl (C=O) groups excluding carboxylic acids is 2. The van der Waals surface area contributed by atoms with Crippen molar-refractivity contribution in [2.75, 3.05) is 13.7 Å². The highest BCUT2D eigenvalue weighted by Gasteiger charge is 2.18. The number of nitrogens with zero attached hydrogens (tertiary/aromatic N) is 3. The fourth-order valence-corrected chi connectivity index (χ4v) is 2.07. The van der Waals surface area contributed by atoms with Crippen LogP contribution in [0.3, 0.4) is 0 Å². The van der Waals surface area contributed by atoms with Crippen LogP contribution in [0.25, 0.3) is 11.0 Å². The third kappa shape index (κ3) is 2.47. The highest BCUT2D eigenvalue weighted by atomic mass is 16.5. The van der Waals surface area contributed by atoms with Crippen LogP contribution in [-0.2, 0) is 16.6 Å². The van der Waals surface area contributed by atoms with Crippen LogP contribution in [0.1, 0.15) is 21.7 Å². The number of aryl methyl sites for hydroxylation is 3. The highest BCUT2D eigenvalue weighted by molar-refractivity contribution is 6.07. The Balaban J connectivity index is 2.43. The molecule has 2 rings (SSSR count). The summed E-state index contributed by atoms with van der Waals surface area (Å²) in [5.74, 6) is -0.842. The lowest BCUT2D eigenvalue weighted by molar-refractivity contribution is -0.139. The number of ether oxygens (including phenoxy) is 1. The molecule has 0 radical (unpaired) electrons. The van der Waals surface area contributed by atoms with E-state index in [4.69, 9.17) is 0 Å². The van der Waals surface area contributed by atoms with E-state index in [1.165, 1.54) is 7.11 Å². The van der Waals surface area contributed by atoms with Crippen molar-refractivity contribution < 1.29 is 14.3 Å². The van der Waals surface area contributed by atoms with E-state index < -0.39 is 5.97 Å². The number of aromatic nitrogens is 3. The minimum atomic E-state index is -0.497. The Labute approximate surface area is 115 Å². The molecular formula is C13H16N4O3. The number of fused-ring (bicyclic) bond motifs is 1. The maximum atomic E-state index is 12.2. The van der Waals surface area contributed by atoms with Gasteiger partial charge in [-0.2, -0.15) is 5.10 Å². The molecule has 2 heterocycles. The summed E-state index contributed by atoms with van der Waals surface area (Å²) in [4.78, 5) is 27.7. The van der Waals surface area contributed by atoms with Crippen molar-refractivity contribution >= 4 is 22.9 Å². The number of esters is 1. The number of pyridine rings is 1. The number of nitrogens with one attached hydrogen (secondary N) is 1. The molecule has 0 fully saturated rings. The zero-order chi connectivity index (χ0) is 14.9. The van der Waals surface area contributed by atoms with Crippen molar-refractivity contribution in [3.05, 3.63) is 23.0 Å². The van der Waals surface area contributed by atoms with Crippen LogP contribution in [0.4, 0.5) is 0 Å². The molecule has 1 amide bonds. The Morgan fingerprint density at radius 2 is 2.10 bits per heavy atom. The third-order valence-corrected chi connectivity index (χ3v) is 2.96. The Hall–Kier alpha value is -2.44. The smallest absolute Gasteiger partial charge is 0.325 e. The summed E-state index contributed by atoms with van der Waals surface area (Å²) >= 11 is 0. The zero-order valence-corrected chi connectivity index (χ0v) is 11.9. The first-order valence-corrected chi connectivity index (χ1v) is 6.10. The van der Waals surface area contributed by atoms with Crippen molar-refractivity contribution in [3.8, 4) is 0 Å². The van der Waals surface area contributed by atoms with Gasteiger partial charge >= 0.3 is 5.97 Å². The summed E-state index contributed by atoms with van der Waals surface area (Å²) in [6.45, 7) is 3.45. The van der Waals surface area contributed by atoms with E-state index in [-0.39, 0.29) is 12.5 Å². The molecule has 0 aliphatic heterocycles. The molecular weight excluding hydrogens is 260 g/mol. The summed E-state index contributed by atoms with van der Waals surface area (Å²) in [6.07, 6.45) is 0. The topological polar surface area (TPSA) is 86.1 Å². The van der Waals surface area contributed by atoms with Gasteiger partial charge in [0.15, 0.2) is 5.65 Å². The quantitative estimate of drug-likeness (QED) is 0.824. The monoisotopic (exact) mass is 276 g/mol. The largest absolute Gasteiger partial charge is 0.468 e. The molecule has 2 aromatic rings. The second-order valence-electron chi connectivity index (χ2n) is 4.48. The Morgan fingerprint density at radius 1 is 1.40 bits per heavy atom. The van der Waals surface area contributed by atoms with Gasteiger partial charge in [0.2, 0.25) is 0 Å². The molecule has 7 nitrogen and oxygen atoms in total. The van der Waals surface area contributed by atoms with Crippen molar-refractivity contribution in [1.29, 1.82) is 0 Å². The Morgan fingerprint density at radius 3 is 2.75 bits per heavy atom.